The minimum atomic E-state index is -0.386. The van der Waals surface area contributed by atoms with E-state index < -0.39 is 0 Å². The standard InChI is InChI=1S/C26H33N3O2/c1-20-9-7-15-28(18-20)19-23-13-6-5-12-22(23)17-27-25(30)24-14-8-16-29(24)26(31)21-10-3-2-4-11-21/h2-6,10-13,20,24H,7-9,14-19H2,1H3,(H,27,30). The highest BCUT2D eigenvalue weighted by atomic mass is 16.2. The summed E-state index contributed by atoms with van der Waals surface area (Å²) in [5, 5.41) is 3.11. The van der Waals surface area contributed by atoms with Crippen LogP contribution in [0, 0.1) is 5.92 Å². The van der Waals surface area contributed by atoms with Gasteiger partial charge in [-0.25, -0.2) is 0 Å². The fourth-order valence-corrected chi connectivity index (χ4v) is 4.88. The molecule has 0 spiro atoms. The third kappa shape index (κ3) is 5.34. The summed E-state index contributed by atoms with van der Waals surface area (Å²) in [6, 6.07) is 17.2. The zero-order valence-electron chi connectivity index (χ0n) is 18.4. The highest BCUT2D eigenvalue weighted by molar-refractivity contribution is 5.97. The van der Waals surface area contributed by atoms with Crippen molar-refractivity contribution in [2.24, 2.45) is 5.92 Å². The van der Waals surface area contributed by atoms with Crippen molar-refractivity contribution in [2.45, 2.75) is 51.7 Å². The fraction of sp³-hybridized carbons (Fsp3) is 0.462. The number of nitrogens with zero attached hydrogens (tertiary/aromatic N) is 2. The second-order valence-electron chi connectivity index (χ2n) is 8.99. The Morgan fingerprint density at radius 2 is 1.65 bits per heavy atom. The number of hydrogen-bond donors (Lipinski definition) is 1. The Kier molecular flexibility index (Phi) is 7.03. The van der Waals surface area contributed by atoms with Crippen LogP contribution in [-0.4, -0.2) is 47.3 Å². The van der Waals surface area contributed by atoms with Gasteiger partial charge < -0.3 is 10.2 Å². The molecule has 2 heterocycles. The topological polar surface area (TPSA) is 52.7 Å². The quantitative estimate of drug-likeness (QED) is 0.774. The first-order valence-electron chi connectivity index (χ1n) is 11.5. The molecule has 0 aromatic heterocycles. The predicted octanol–water partition coefficient (Wildman–Crippen LogP) is 3.84. The van der Waals surface area contributed by atoms with Gasteiger partial charge in [-0.15, -0.1) is 0 Å². The van der Waals surface area contributed by atoms with Crippen LogP contribution >= 0.6 is 0 Å². The van der Waals surface area contributed by atoms with Crippen LogP contribution in [0.5, 0.6) is 0 Å². The van der Waals surface area contributed by atoms with E-state index in [1.807, 2.05) is 36.4 Å². The number of nitrogens with one attached hydrogen (secondary N) is 1. The van der Waals surface area contributed by atoms with Gasteiger partial charge >= 0.3 is 0 Å². The van der Waals surface area contributed by atoms with Crippen molar-refractivity contribution in [2.75, 3.05) is 19.6 Å². The molecule has 164 valence electrons. The molecule has 2 aliphatic heterocycles. The Labute approximate surface area is 185 Å². The maximum Gasteiger partial charge on any atom is 0.254 e. The van der Waals surface area contributed by atoms with Crippen LogP contribution in [0.1, 0.15) is 54.1 Å². The summed E-state index contributed by atoms with van der Waals surface area (Å²) in [7, 11) is 0. The lowest BCUT2D eigenvalue weighted by Gasteiger charge is -2.31. The molecule has 0 bridgehead atoms. The van der Waals surface area contributed by atoms with E-state index in [1.165, 1.54) is 18.4 Å². The molecule has 2 aromatic rings. The number of piperidine rings is 1. The third-order valence-electron chi connectivity index (χ3n) is 6.54. The predicted molar refractivity (Wildman–Crippen MR) is 122 cm³/mol. The molecule has 5 nitrogen and oxygen atoms in total. The van der Waals surface area contributed by atoms with Crippen molar-refractivity contribution >= 4 is 11.8 Å². The van der Waals surface area contributed by atoms with Crippen LogP contribution < -0.4 is 5.32 Å². The molecule has 2 atom stereocenters. The van der Waals surface area contributed by atoms with Gasteiger partial charge in [0.15, 0.2) is 0 Å². The lowest BCUT2D eigenvalue weighted by molar-refractivity contribution is -0.125. The van der Waals surface area contributed by atoms with Gasteiger partial charge in [-0.1, -0.05) is 49.4 Å². The Hall–Kier alpha value is -2.66. The van der Waals surface area contributed by atoms with Crippen molar-refractivity contribution < 1.29 is 9.59 Å². The molecule has 4 rings (SSSR count). The van der Waals surface area contributed by atoms with Gasteiger partial charge in [-0.05, 0) is 61.4 Å². The molecule has 2 amide bonds. The van der Waals surface area contributed by atoms with E-state index in [-0.39, 0.29) is 17.9 Å². The van der Waals surface area contributed by atoms with E-state index in [2.05, 4.69) is 35.3 Å². The van der Waals surface area contributed by atoms with Crippen LogP contribution in [0.3, 0.4) is 0 Å². The number of carbonyl (C=O) groups is 2. The second-order valence-corrected chi connectivity index (χ2v) is 8.99. The molecule has 5 heteroatoms. The van der Waals surface area contributed by atoms with E-state index in [0.29, 0.717) is 18.7 Å². The van der Waals surface area contributed by atoms with Crippen molar-refractivity contribution in [1.29, 1.82) is 0 Å². The van der Waals surface area contributed by atoms with Crippen molar-refractivity contribution in [1.82, 2.24) is 15.1 Å². The number of likely N-dealkylation sites (tertiary alicyclic amines) is 2. The van der Waals surface area contributed by atoms with Gasteiger partial charge in [0.25, 0.3) is 5.91 Å². The third-order valence-corrected chi connectivity index (χ3v) is 6.54. The van der Waals surface area contributed by atoms with Crippen LogP contribution in [0.15, 0.2) is 54.6 Å². The highest BCUT2D eigenvalue weighted by Crippen LogP contribution is 2.22. The van der Waals surface area contributed by atoms with Gasteiger partial charge in [0.2, 0.25) is 5.91 Å². The average molecular weight is 420 g/mol. The Morgan fingerprint density at radius 1 is 0.935 bits per heavy atom. The minimum absolute atomic E-state index is 0.0526. The maximum absolute atomic E-state index is 13.0. The van der Waals surface area contributed by atoms with Crippen LogP contribution in [-0.2, 0) is 17.9 Å². The normalized spacial score (nSPS) is 21.8. The molecule has 0 radical (unpaired) electrons. The van der Waals surface area contributed by atoms with Gasteiger partial charge in [-0.2, -0.15) is 0 Å². The summed E-state index contributed by atoms with van der Waals surface area (Å²) in [5.41, 5.74) is 3.08. The van der Waals surface area contributed by atoms with Crippen LogP contribution in [0.25, 0.3) is 0 Å². The number of benzene rings is 2. The zero-order valence-corrected chi connectivity index (χ0v) is 18.4. The van der Waals surface area contributed by atoms with Crippen molar-refractivity contribution in [3.05, 3.63) is 71.3 Å². The van der Waals surface area contributed by atoms with Crippen LogP contribution in [0.4, 0.5) is 0 Å². The number of amides is 2. The van der Waals surface area contributed by atoms with Crippen molar-refractivity contribution in [3.8, 4) is 0 Å². The summed E-state index contributed by atoms with van der Waals surface area (Å²) in [6.45, 7) is 6.67. The number of carbonyl (C=O) groups excluding carboxylic acids is 2. The van der Waals surface area contributed by atoms with Crippen LogP contribution in [0.2, 0.25) is 0 Å². The first kappa shape index (κ1) is 21.6. The second kappa shape index (κ2) is 10.1. The van der Waals surface area contributed by atoms with E-state index in [9.17, 15) is 9.59 Å². The van der Waals surface area contributed by atoms with Gasteiger partial charge in [0.05, 0.1) is 0 Å². The molecule has 1 N–H and O–H groups in total. The zero-order chi connectivity index (χ0) is 21.6. The first-order chi connectivity index (χ1) is 15.1. The minimum Gasteiger partial charge on any atom is -0.350 e. The first-order valence-corrected chi connectivity index (χ1v) is 11.5. The Morgan fingerprint density at radius 3 is 2.42 bits per heavy atom. The van der Waals surface area contributed by atoms with Gasteiger partial charge in [-0.3, -0.25) is 14.5 Å². The summed E-state index contributed by atoms with van der Waals surface area (Å²) in [6.07, 6.45) is 4.15. The lowest BCUT2D eigenvalue weighted by Crippen LogP contribution is -2.45. The molecule has 2 aromatic carbocycles. The molecule has 0 aliphatic carbocycles. The van der Waals surface area contributed by atoms with E-state index in [1.54, 1.807) is 4.90 Å². The number of hydrogen-bond acceptors (Lipinski definition) is 3. The maximum atomic E-state index is 13.0. The number of rotatable bonds is 6. The monoisotopic (exact) mass is 419 g/mol. The van der Waals surface area contributed by atoms with Crippen molar-refractivity contribution in [3.63, 3.8) is 0 Å². The molecule has 2 aliphatic rings. The SMILES string of the molecule is CC1CCCN(Cc2ccccc2CNC(=O)C2CCCN2C(=O)c2ccccc2)C1. The summed E-state index contributed by atoms with van der Waals surface area (Å²) in [4.78, 5) is 30.1. The Bertz CT molecular complexity index is 899. The fourth-order valence-electron chi connectivity index (χ4n) is 4.88. The molecule has 2 unspecified atom stereocenters. The van der Waals surface area contributed by atoms with E-state index in [4.69, 9.17) is 0 Å². The van der Waals surface area contributed by atoms with Gasteiger partial charge in [0, 0.05) is 31.7 Å². The lowest BCUT2D eigenvalue weighted by atomic mass is 9.99. The summed E-state index contributed by atoms with van der Waals surface area (Å²) in [5.74, 6) is 0.636. The average Bonchev–Trinajstić information content (AvgIpc) is 3.28. The summed E-state index contributed by atoms with van der Waals surface area (Å²) < 4.78 is 0. The summed E-state index contributed by atoms with van der Waals surface area (Å²) >= 11 is 0. The molecule has 2 saturated heterocycles. The smallest absolute Gasteiger partial charge is 0.254 e. The molecular formula is C26H33N3O2. The van der Waals surface area contributed by atoms with E-state index in [0.717, 1.165) is 44.0 Å². The highest BCUT2D eigenvalue weighted by Gasteiger charge is 2.34. The molecule has 0 saturated carbocycles. The van der Waals surface area contributed by atoms with E-state index >= 15 is 0 Å². The largest absolute Gasteiger partial charge is 0.350 e. The molecule has 2 fully saturated rings. The molecular weight excluding hydrogens is 386 g/mol. The Balaban J connectivity index is 1.38. The van der Waals surface area contributed by atoms with Gasteiger partial charge in [0.1, 0.15) is 6.04 Å². The molecule has 31 heavy (non-hydrogen) atoms.